The molecular formula is C15H16ClF. The summed E-state index contributed by atoms with van der Waals surface area (Å²) < 4.78 is 13.7. The Morgan fingerprint density at radius 2 is 1.71 bits per heavy atom. The van der Waals surface area contributed by atoms with Crippen molar-refractivity contribution in [2.24, 2.45) is 0 Å². The Morgan fingerprint density at radius 3 is 2.35 bits per heavy atom. The first-order valence-corrected chi connectivity index (χ1v) is 6.33. The van der Waals surface area contributed by atoms with Crippen LogP contribution in [0.5, 0.6) is 0 Å². The fraction of sp³-hybridized carbons (Fsp3) is 0.333. The third-order valence-corrected chi connectivity index (χ3v) is 3.51. The van der Waals surface area contributed by atoms with E-state index in [2.05, 4.69) is 13.8 Å². The van der Waals surface area contributed by atoms with Gasteiger partial charge in [-0.25, -0.2) is 4.39 Å². The highest BCUT2D eigenvalue weighted by Crippen LogP contribution is 2.34. The van der Waals surface area contributed by atoms with Crippen LogP contribution in [0, 0.1) is 5.82 Å². The Balaban J connectivity index is 2.67. The van der Waals surface area contributed by atoms with E-state index in [9.17, 15) is 4.39 Å². The van der Waals surface area contributed by atoms with Crippen molar-refractivity contribution < 1.29 is 4.39 Å². The van der Waals surface area contributed by atoms with Gasteiger partial charge in [0, 0.05) is 11.3 Å². The Hall–Kier alpha value is -1.08. The molecule has 0 saturated carbocycles. The highest BCUT2D eigenvalue weighted by Gasteiger charge is 2.22. The molecule has 0 unspecified atom stereocenters. The van der Waals surface area contributed by atoms with E-state index >= 15 is 0 Å². The van der Waals surface area contributed by atoms with Gasteiger partial charge in [-0.05, 0) is 28.9 Å². The monoisotopic (exact) mass is 250 g/mol. The predicted octanol–water partition coefficient (Wildman–Crippen LogP) is 4.89. The quantitative estimate of drug-likeness (QED) is 0.681. The Kier molecular flexibility index (Phi) is 3.39. The lowest BCUT2D eigenvalue weighted by Crippen LogP contribution is -2.18. The average molecular weight is 251 g/mol. The van der Waals surface area contributed by atoms with Gasteiger partial charge in [0.1, 0.15) is 5.82 Å². The molecule has 0 nitrogen and oxygen atoms in total. The molecule has 0 bridgehead atoms. The van der Waals surface area contributed by atoms with Crippen molar-refractivity contribution in [3.63, 3.8) is 0 Å². The molecule has 0 aliphatic heterocycles. The number of benzene rings is 2. The summed E-state index contributed by atoms with van der Waals surface area (Å²) in [7, 11) is 0. The lowest BCUT2D eigenvalue weighted by atomic mass is 9.79. The minimum Gasteiger partial charge on any atom is -0.206 e. The lowest BCUT2D eigenvalue weighted by molar-refractivity contribution is 0.512. The highest BCUT2D eigenvalue weighted by molar-refractivity contribution is 6.17. The molecule has 2 aromatic rings. The first-order chi connectivity index (χ1) is 8.06. The summed E-state index contributed by atoms with van der Waals surface area (Å²) in [5, 5.41) is 1.68. The smallest absolute Gasteiger partial charge is 0.131 e. The zero-order valence-corrected chi connectivity index (χ0v) is 10.9. The number of hydrogen-bond acceptors (Lipinski definition) is 0. The molecule has 90 valence electrons. The van der Waals surface area contributed by atoms with E-state index in [0.717, 1.165) is 17.4 Å². The molecule has 0 aromatic heterocycles. The third kappa shape index (κ3) is 2.30. The van der Waals surface area contributed by atoms with Gasteiger partial charge in [-0.2, -0.15) is 0 Å². The maximum Gasteiger partial charge on any atom is 0.131 e. The molecule has 0 heterocycles. The van der Waals surface area contributed by atoms with Gasteiger partial charge in [0.15, 0.2) is 0 Å². The first-order valence-electron chi connectivity index (χ1n) is 5.80. The Labute approximate surface area is 106 Å². The van der Waals surface area contributed by atoms with Crippen LogP contribution in [0.4, 0.5) is 4.39 Å². The van der Waals surface area contributed by atoms with Gasteiger partial charge < -0.3 is 0 Å². The zero-order valence-electron chi connectivity index (χ0n) is 10.1. The number of rotatable bonds is 3. The summed E-state index contributed by atoms with van der Waals surface area (Å²) in [6.45, 7) is 4.30. The van der Waals surface area contributed by atoms with Crippen molar-refractivity contribution >= 4 is 22.4 Å². The van der Waals surface area contributed by atoms with Gasteiger partial charge in [0.2, 0.25) is 0 Å². The van der Waals surface area contributed by atoms with Gasteiger partial charge in [-0.3, -0.25) is 0 Å². The van der Waals surface area contributed by atoms with E-state index in [0.29, 0.717) is 11.3 Å². The molecule has 0 saturated heterocycles. The Morgan fingerprint density at radius 1 is 1.06 bits per heavy atom. The molecule has 0 fully saturated rings. The van der Waals surface area contributed by atoms with E-state index in [1.807, 2.05) is 30.3 Å². The second-order valence-electron chi connectivity index (χ2n) is 4.96. The number of alkyl halides is 1. The molecular weight excluding hydrogens is 235 g/mol. The van der Waals surface area contributed by atoms with Gasteiger partial charge in [-0.15, -0.1) is 11.6 Å². The summed E-state index contributed by atoms with van der Waals surface area (Å²) in [5.74, 6) is 0.449. The van der Waals surface area contributed by atoms with Crippen LogP contribution in [-0.4, -0.2) is 5.88 Å². The average Bonchev–Trinajstić information content (AvgIpc) is 2.29. The molecule has 0 amide bonds. The van der Waals surface area contributed by atoms with Crippen molar-refractivity contribution in [2.45, 2.75) is 25.7 Å². The summed E-state index contributed by atoms with van der Waals surface area (Å²) in [6.07, 6.45) is 0.879. The number of hydrogen-bond donors (Lipinski definition) is 0. The molecule has 2 aromatic carbocycles. The normalized spacial score (nSPS) is 12.0. The largest absolute Gasteiger partial charge is 0.206 e. The summed E-state index contributed by atoms with van der Waals surface area (Å²) in [6, 6.07) is 11.0. The van der Waals surface area contributed by atoms with Crippen LogP contribution in [0.15, 0.2) is 36.4 Å². The minimum atomic E-state index is -0.161. The predicted molar refractivity (Wildman–Crippen MR) is 72.3 cm³/mol. The second-order valence-corrected chi connectivity index (χ2v) is 5.34. The third-order valence-electron chi connectivity index (χ3n) is 3.32. The van der Waals surface area contributed by atoms with E-state index in [4.69, 9.17) is 11.6 Å². The maximum absolute atomic E-state index is 13.7. The van der Waals surface area contributed by atoms with Crippen LogP contribution in [0.2, 0.25) is 0 Å². The second kappa shape index (κ2) is 4.66. The zero-order chi connectivity index (χ0) is 12.5. The standard InChI is InChI=1S/C15H16ClF/c1-15(2,9-10-16)13-7-8-14(17)12-6-4-3-5-11(12)13/h3-8H,9-10H2,1-2H3. The fourth-order valence-corrected chi connectivity index (χ4v) is 2.70. The molecule has 0 aliphatic carbocycles. The topological polar surface area (TPSA) is 0 Å². The lowest BCUT2D eigenvalue weighted by Gasteiger charge is -2.26. The van der Waals surface area contributed by atoms with E-state index in [1.165, 1.54) is 0 Å². The van der Waals surface area contributed by atoms with Crippen molar-refractivity contribution in [3.05, 3.63) is 47.8 Å². The van der Waals surface area contributed by atoms with Crippen LogP contribution in [-0.2, 0) is 5.41 Å². The minimum absolute atomic E-state index is 0.0327. The van der Waals surface area contributed by atoms with Gasteiger partial charge in [0.05, 0.1) is 0 Å². The molecule has 0 atom stereocenters. The van der Waals surface area contributed by atoms with Crippen molar-refractivity contribution in [3.8, 4) is 0 Å². The Bertz CT molecular complexity index is 531. The van der Waals surface area contributed by atoms with E-state index in [1.54, 1.807) is 6.07 Å². The van der Waals surface area contributed by atoms with E-state index in [-0.39, 0.29) is 11.2 Å². The summed E-state index contributed by atoms with van der Waals surface area (Å²) >= 11 is 5.84. The SMILES string of the molecule is CC(C)(CCCl)c1ccc(F)c2ccccc12. The molecule has 0 N–H and O–H groups in total. The van der Waals surface area contributed by atoms with Gasteiger partial charge >= 0.3 is 0 Å². The number of fused-ring (bicyclic) bond motifs is 1. The summed E-state index contributed by atoms with van der Waals surface area (Å²) in [4.78, 5) is 0. The van der Waals surface area contributed by atoms with Gasteiger partial charge in [0.25, 0.3) is 0 Å². The number of halogens is 2. The highest BCUT2D eigenvalue weighted by atomic mass is 35.5. The fourth-order valence-electron chi connectivity index (χ4n) is 2.22. The van der Waals surface area contributed by atoms with Crippen LogP contribution in [0.3, 0.4) is 0 Å². The molecule has 0 spiro atoms. The van der Waals surface area contributed by atoms with Crippen molar-refractivity contribution in [2.75, 3.05) is 5.88 Å². The first kappa shape index (κ1) is 12.4. The molecule has 2 rings (SSSR count). The molecule has 17 heavy (non-hydrogen) atoms. The van der Waals surface area contributed by atoms with Crippen molar-refractivity contribution in [1.29, 1.82) is 0 Å². The van der Waals surface area contributed by atoms with Crippen LogP contribution >= 0.6 is 11.6 Å². The van der Waals surface area contributed by atoms with Gasteiger partial charge in [-0.1, -0.05) is 44.2 Å². The van der Waals surface area contributed by atoms with Crippen LogP contribution < -0.4 is 0 Å². The molecule has 0 aliphatic rings. The summed E-state index contributed by atoms with van der Waals surface area (Å²) in [5.41, 5.74) is 1.13. The molecule has 0 radical (unpaired) electrons. The molecule has 2 heteroatoms. The maximum atomic E-state index is 13.7. The van der Waals surface area contributed by atoms with Crippen LogP contribution in [0.1, 0.15) is 25.8 Å². The van der Waals surface area contributed by atoms with Crippen molar-refractivity contribution in [1.82, 2.24) is 0 Å². The van der Waals surface area contributed by atoms with Crippen LogP contribution in [0.25, 0.3) is 10.8 Å². The van der Waals surface area contributed by atoms with E-state index < -0.39 is 0 Å².